The van der Waals surface area contributed by atoms with E-state index in [1.54, 1.807) is 60.7 Å². The van der Waals surface area contributed by atoms with Gasteiger partial charge in [0.1, 0.15) is 5.76 Å². The van der Waals surface area contributed by atoms with Crippen LogP contribution in [0.4, 0.5) is 13.2 Å². The molecule has 3 aromatic rings. The zero-order valence-electron chi connectivity index (χ0n) is 10.9. The molecule has 21 heavy (non-hydrogen) atoms. The molecule has 0 N–H and O–H groups in total. The van der Waals surface area contributed by atoms with Gasteiger partial charge in [-0.1, -0.05) is 60.7 Å². The Morgan fingerprint density at radius 3 is 1.76 bits per heavy atom. The molecular formula is C17H11F3O. The number of hydrogen-bond donors (Lipinski definition) is 0. The van der Waals surface area contributed by atoms with E-state index in [1.807, 2.05) is 0 Å². The highest BCUT2D eigenvalue weighted by Gasteiger charge is 2.38. The van der Waals surface area contributed by atoms with Gasteiger partial charge >= 0.3 is 6.18 Å². The maximum atomic E-state index is 13.2. The van der Waals surface area contributed by atoms with Crippen molar-refractivity contribution in [1.82, 2.24) is 0 Å². The van der Waals surface area contributed by atoms with Gasteiger partial charge in [-0.15, -0.1) is 0 Å². The lowest BCUT2D eigenvalue weighted by Crippen LogP contribution is -2.04. The van der Waals surface area contributed by atoms with Gasteiger partial charge in [0.15, 0.2) is 0 Å². The molecule has 2 aromatic carbocycles. The van der Waals surface area contributed by atoms with E-state index in [4.69, 9.17) is 4.42 Å². The van der Waals surface area contributed by atoms with Gasteiger partial charge in [0.05, 0.1) is 0 Å². The first kappa shape index (κ1) is 13.5. The number of benzene rings is 2. The fraction of sp³-hybridized carbons (Fsp3) is 0.0588. The molecule has 0 unspecified atom stereocenters. The van der Waals surface area contributed by atoms with Crippen LogP contribution in [0.5, 0.6) is 0 Å². The van der Waals surface area contributed by atoms with Crippen molar-refractivity contribution in [2.75, 3.05) is 0 Å². The monoisotopic (exact) mass is 288 g/mol. The molecular weight excluding hydrogens is 277 g/mol. The third kappa shape index (κ3) is 2.70. The molecule has 0 saturated heterocycles. The molecule has 4 heteroatoms. The van der Waals surface area contributed by atoms with Crippen LogP contribution >= 0.6 is 0 Å². The van der Waals surface area contributed by atoms with Gasteiger partial charge in [0, 0.05) is 11.1 Å². The van der Waals surface area contributed by atoms with Gasteiger partial charge in [-0.3, -0.25) is 0 Å². The molecule has 1 aromatic heterocycles. The standard InChI is InChI=1S/C17H11F3O/c18-17(19,20)16-14(12-7-3-1-4-8-12)11-15(21-16)13-9-5-2-6-10-13/h1-11H. The van der Waals surface area contributed by atoms with Crippen molar-refractivity contribution in [3.8, 4) is 22.5 Å². The van der Waals surface area contributed by atoms with E-state index >= 15 is 0 Å². The summed E-state index contributed by atoms with van der Waals surface area (Å²) in [6.07, 6.45) is -4.53. The summed E-state index contributed by atoms with van der Waals surface area (Å²) in [5.74, 6) is -0.755. The first-order valence-corrected chi connectivity index (χ1v) is 6.37. The Kier molecular flexibility index (Phi) is 3.29. The van der Waals surface area contributed by atoms with Gasteiger partial charge in [-0.2, -0.15) is 13.2 Å². The van der Waals surface area contributed by atoms with Crippen LogP contribution in [0.3, 0.4) is 0 Å². The highest BCUT2D eigenvalue weighted by atomic mass is 19.4. The zero-order valence-corrected chi connectivity index (χ0v) is 10.9. The summed E-state index contributed by atoms with van der Waals surface area (Å²) >= 11 is 0. The second-order valence-electron chi connectivity index (χ2n) is 4.58. The summed E-state index contributed by atoms with van der Waals surface area (Å²) in [5.41, 5.74) is 1.16. The molecule has 0 fully saturated rings. The van der Waals surface area contributed by atoms with Crippen molar-refractivity contribution >= 4 is 0 Å². The number of halogens is 3. The predicted molar refractivity (Wildman–Crippen MR) is 74.6 cm³/mol. The van der Waals surface area contributed by atoms with Crippen LogP contribution in [0.2, 0.25) is 0 Å². The zero-order chi connectivity index (χ0) is 14.9. The Balaban J connectivity index is 2.17. The van der Waals surface area contributed by atoms with E-state index in [-0.39, 0.29) is 11.3 Å². The molecule has 0 spiro atoms. The van der Waals surface area contributed by atoms with Gasteiger partial charge in [-0.05, 0) is 11.6 Å². The smallest absolute Gasteiger partial charge is 0.450 e. The van der Waals surface area contributed by atoms with Crippen LogP contribution in [0.1, 0.15) is 5.76 Å². The van der Waals surface area contributed by atoms with Crippen LogP contribution in [-0.4, -0.2) is 0 Å². The molecule has 106 valence electrons. The van der Waals surface area contributed by atoms with E-state index in [9.17, 15) is 13.2 Å². The van der Waals surface area contributed by atoms with Crippen LogP contribution in [-0.2, 0) is 6.18 Å². The second kappa shape index (κ2) is 5.13. The summed E-state index contributed by atoms with van der Waals surface area (Å²) in [6.45, 7) is 0. The number of furan rings is 1. The van der Waals surface area contributed by atoms with Crippen molar-refractivity contribution in [2.45, 2.75) is 6.18 Å². The molecule has 3 rings (SSSR count). The molecule has 1 nitrogen and oxygen atoms in total. The van der Waals surface area contributed by atoms with Gasteiger partial charge < -0.3 is 4.42 Å². The summed E-state index contributed by atoms with van der Waals surface area (Å²) in [4.78, 5) is 0. The topological polar surface area (TPSA) is 13.1 Å². The average Bonchev–Trinajstić information content (AvgIpc) is 2.94. The van der Waals surface area contributed by atoms with Crippen molar-refractivity contribution in [2.24, 2.45) is 0 Å². The first-order chi connectivity index (χ1) is 10.1. The van der Waals surface area contributed by atoms with Crippen LogP contribution in [0.15, 0.2) is 71.1 Å². The van der Waals surface area contributed by atoms with Crippen LogP contribution < -0.4 is 0 Å². The quantitative estimate of drug-likeness (QED) is 0.595. The Morgan fingerprint density at radius 1 is 0.714 bits per heavy atom. The van der Waals surface area contributed by atoms with Crippen LogP contribution in [0, 0.1) is 0 Å². The van der Waals surface area contributed by atoms with Crippen LogP contribution in [0.25, 0.3) is 22.5 Å². The molecule has 0 saturated carbocycles. The Hall–Kier alpha value is -2.49. The third-order valence-electron chi connectivity index (χ3n) is 3.13. The third-order valence-corrected chi connectivity index (χ3v) is 3.13. The lowest BCUT2D eigenvalue weighted by atomic mass is 10.0. The highest BCUT2D eigenvalue weighted by Crippen LogP contribution is 2.41. The Labute approximate surface area is 119 Å². The van der Waals surface area contributed by atoms with Crippen molar-refractivity contribution < 1.29 is 17.6 Å². The molecule has 0 atom stereocenters. The largest absolute Gasteiger partial charge is 0.451 e. The average molecular weight is 288 g/mol. The molecule has 0 aliphatic heterocycles. The number of hydrogen-bond acceptors (Lipinski definition) is 1. The SMILES string of the molecule is FC(F)(F)c1oc(-c2ccccc2)cc1-c1ccccc1. The fourth-order valence-electron chi connectivity index (χ4n) is 2.18. The minimum Gasteiger partial charge on any atom is -0.451 e. The van der Waals surface area contributed by atoms with E-state index < -0.39 is 11.9 Å². The lowest BCUT2D eigenvalue weighted by molar-refractivity contribution is -0.152. The predicted octanol–water partition coefficient (Wildman–Crippen LogP) is 5.63. The lowest BCUT2D eigenvalue weighted by Gasteiger charge is -2.06. The van der Waals surface area contributed by atoms with Crippen molar-refractivity contribution in [3.05, 3.63) is 72.5 Å². The van der Waals surface area contributed by atoms with Gasteiger partial charge in [-0.25, -0.2) is 0 Å². The van der Waals surface area contributed by atoms with E-state index in [2.05, 4.69) is 0 Å². The Morgan fingerprint density at radius 2 is 1.24 bits per heavy atom. The molecule has 0 amide bonds. The van der Waals surface area contributed by atoms with Crippen molar-refractivity contribution in [3.63, 3.8) is 0 Å². The summed E-state index contributed by atoms with van der Waals surface area (Å²) in [5, 5.41) is 0. The minimum atomic E-state index is -4.53. The van der Waals surface area contributed by atoms with E-state index in [1.165, 1.54) is 6.07 Å². The molecule has 0 radical (unpaired) electrons. The first-order valence-electron chi connectivity index (χ1n) is 6.37. The molecule has 0 bridgehead atoms. The number of rotatable bonds is 2. The normalized spacial score (nSPS) is 11.6. The molecule has 0 aliphatic rings. The van der Waals surface area contributed by atoms with Gasteiger partial charge in [0.25, 0.3) is 0 Å². The highest BCUT2D eigenvalue weighted by molar-refractivity contribution is 5.72. The Bertz CT molecular complexity index is 728. The summed E-state index contributed by atoms with van der Waals surface area (Å²) < 4.78 is 44.6. The molecule has 0 aliphatic carbocycles. The maximum Gasteiger partial charge on any atom is 0.450 e. The molecule has 1 heterocycles. The fourth-order valence-corrected chi connectivity index (χ4v) is 2.18. The van der Waals surface area contributed by atoms with Gasteiger partial charge in [0.2, 0.25) is 5.76 Å². The number of alkyl halides is 3. The van der Waals surface area contributed by atoms with Crippen molar-refractivity contribution in [1.29, 1.82) is 0 Å². The van der Waals surface area contributed by atoms with E-state index in [0.29, 0.717) is 11.1 Å². The second-order valence-corrected chi connectivity index (χ2v) is 4.58. The summed E-state index contributed by atoms with van der Waals surface area (Å²) in [6, 6.07) is 18.6. The summed E-state index contributed by atoms with van der Waals surface area (Å²) in [7, 11) is 0. The van der Waals surface area contributed by atoms with E-state index in [0.717, 1.165) is 0 Å². The minimum absolute atomic E-state index is 0.0574. The maximum absolute atomic E-state index is 13.2.